The van der Waals surface area contributed by atoms with Crippen LogP contribution in [-0.2, 0) is 38.7 Å². The summed E-state index contributed by atoms with van der Waals surface area (Å²) in [6.45, 7) is 3.76. The summed E-state index contributed by atoms with van der Waals surface area (Å²) >= 11 is 0. The predicted octanol–water partition coefficient (Wildman–Crippen LogP) is -0.570. The van der Waals surface area contributed by atoms with Crippen LogP contribution < -0.4 is 9.61 Å². The van der Waals surface area contributed by atoms with Crippen molar-refractivity contribution in [2.45, 2.75) is 27.4 Å². The summed E-state index contributed by atoms with van der Waals surface area (Å²) in [5, 5.41) is 0.299. The minimum absolute atomic E-state index is 0.299. The Balaban J connectivity index is 2.51. The first-order valence-corrected chi connectivity index (χ1v) is 9.63. The quantitative estimate of drug-likeness (QED) is 0.662. The molecule has 0 radical (unpaired) electrons. The maximum atomic E-state index is 11.5. The van der Waals surface area contributed by atoms with Gasteiger partial charge in [-0.25, -0.2) is 0 Å². The van der Waals surface area contributed by atoms with Crippen molar-refractivity contribution in [1.82, 2.24) is 0 Å². The first-order chi connectivity index (χ1) is 10.8. The van der Waals surface area contributed by atoms with Gasteiger partial charge in [0.1, 0.15) is 5.75 Å². The van der Waals surface area contributed by atoms with Crippen LogP contribution in [0.25, 0.3) is 0 Å². The van der Waals surface area contributed by atoms with Crippen LogP contribution in [0.1, 0.15) is 26.3 Å². The number of hydrogen-bond acceptors (Lipinski definition) is 8. The van der Waals surface area contributed by atoms with E-state index in [2.05, 4.69) is 0 Å². The summed E-state index contributed by atoms with van der Waals surface area (Å²) in [5.41, 5.74) is 0.699. The van der Waals surface area contributed by atoms with Gasteiger partial charge in [-0.2, -0.15) is 0 Å². The average Bonchev–Trinajstić information content (AvgIpc) is 2.44. The fraction of sp³-hybridized carbons (Fsp3) is 0.308. The van der Waals surface area contributed by atoms with Gasteiger partial charge in [-0.1, -0.05) is 0 Å². The smallest absolute Gasteiger partial charge is 0.524 e. The largest absolute Gasteiger partial charge is 0.742 e. The maximum absolute atomic E-state index is 11.5. The van der Waals surface area contributed by atoms with E-state index in [4.69, 9.17) is 22.1 Å². The van der Waals surface area contributed by atoms with Crippen molar-refractivity contribution in [2.75, 3.05) is 0 Å². The molecule has 1 heterocycles. The van der Waals surface area contributed by atoms with E-state index in [0.717, 1.165) is 20.8 Å². The average molecular weight is 356 g/mol. The Bertz CT molecular complexity index is 604. The molecule has 0 amide bonds. The molecule has 0 unspecified atom stereocenters. The Morgan fingerprint density at radius 1 is 1.04 bits per heavy atom. The lowest BCUT2D eigenvalue weighted by atomic mass is 10.2. The molecule has 8 nitrogen and oxygen atoms in total. The molecule has 0 aliphatic carbocycles. The van der Waals surface area contributed by atoms with Crippen LogP contribution in [0.2, 0.25) is 0 Å². The third kappa shape index (κ3) is 4.18. The van der Waals surface area contributed by atoms with Crippen LogP contribution in [0, 0.1) is 0 Å². The van der Waals surface area contributed by atoms with Gasteiger partial charge >= 0.3 is 18.8 Å². The molecule has 0 N–H and O–H groups in total. The minimum atomic E-state index is -4.07. The maximum Gasteiger partial charge on any atom is 0.742 e. The van der Waals surface area contributed by atoms with Crippen LogP contribution >= 0.6 is 0 Å². The highest BCUT2D eigenvalue weighted by Gasteiger charge is 2.54. The molecule has 0 aromatic heterocycles. The molecule has 0 saturated carbocycles. The molecule has 1 aliphatic rings. The lowest BCUT2D eigenvalue weighted by Crippen LogP contribution is -2.59. The Kier molecular flexibility index (Phi) is 5.18. The Hall–Kier alpha value is -2.18. The lowest BCUT2D eigenvalue weighted by Gasteiger charge is -2.27. The molecule has 1 aromatic carbocycles. The second kappa shape index (κ2) is 6.94. The van der Waals surface area contributed by atoms with Crippen molar-refractivity contribution in [1.29, 1.82) is 0 Å². The summed E-state index contributed by atoms with van der Waals surface area (Å²) in [7, 11) is -5.11. The zero-order valence-electron chi connectivity index (χ0n) is 12.9. The van der Waals surface area contributed by atoms with Crippen molar-refractivity contribution < 1.29 is 36.5 Å². The molecule has 2 rings (SSSR count). The molecule has 0 atom stereocenters. The molecule has 10 heteroatoms. The first kappa shape index (κ1) is 17.2. The summed E-state index contributed by atoms with van der Waals surface area (Å²) in [4.78, 5) is 34.4. The first-order valence-electron chi connectivity index (χ1n) is 6.75. The predicted molar refractivity (Wildman–Crippen MR) is 81.1 cm³/mol. The number of rotatable bonds is 4. The molecule has 0 spiro atoms. The van der Waals surface area contributed by atoms with E-state index >= 15 is 0 Å². The zero-order chi connectivity index (χ0) is 17.0. The third-order valence-corrected chi connectivity index (χ3v) is 6.29. The minimum Gasteiger partial charge on any atom is -0.524 e. The number of carbonyl (C=O) groups is 3. The van der Waals surface area contributed by atoms with Gasteiger partial charge in [0.25, 0.3) is 17.9 Å². The van der Waals surface area contributed by atoms with E-state index in [0.29, 0.717) is 23.1 Å². The highest BCUT2D eigenvalue weighted by atomic mass is 28.4. The summed E-state index contributed by atoms with van der Waals surface area (Å²) < 4.78 is 26.3. The van der Waals surface area contributed by atoms with E-state index in [9.17, 15) is 14.4 Å². The highest BCUT2D eigenvalue weighted by molar-refractivity contribution is 6.79. The lowest BCUT2D eigenvalue weighted by molar-refractivity contribution is -0.146. The fourth-order valence-electron chi connectivity index (χ4n) is 2.09. The van der Waals surface area contributed by atoms with Crippen LogP contribution in [0.5, 0.6) is 5.75 Å². The number of fused-ring (bicyclic) bond motifs is 1. The molecule has 23 heavy (non-hydrogen) atoms. The van der Waals surface area contributed by atoms with Gasteiger partial charge in [-0.05, 0) is 18.2 Å². The van der Waals surface area contributed by atoms with Gasteiger partial charge in [0.15, 0.2) is 0 Å². The van der Waals surface area contributed by atoms with E-state index < -0.39 is 36.7 Å². The number of hydrogen-bond donors (Lipinski definition) is 0. The van der Waals surface area contributed by atoms with Crippen molar-refractivity contribution in [3.05, 3.63) is 23.8 Å². The molecule has 0 fully saturated rings. The Labute approximate surface area is 136 Å². The molecule has 124 valence electrons. The zero-order valence-corrected chi connectivity index (χ0v) is 15.3. The van der Waals surface area contributed by atoms with Crippen molar-refractivity contribution in [2.24, 2.45) is 0 Å². The molecule has 1 aromatic rings. The summed E-state index contributed by atoms with van der Waals surface area (Å²) in [5.74, 6) is -1.52. The standard InChI is InChI=1S/C13H16O8Si2/c1-8(14)19-23(20-9(2)15,21-10(3)16)12-4-5-13-11(6-12)7-17-22-18-13/h4-6H,7,22H2,1-3H3. The SMILES string of the molecule is CC(=O)O[Si](OC(C)=O)(OC(C)=O)c1ccc2c(c1)CO[SiH2]O2. The van der Waals surface area contributed by atoms with Gasteiger partial charge in [0.05, 0.1) is 11.8 Å². The van der Waals surface area contributed by atoms with E-state index in [-0.39, 0.29) is 0 Å². The molecule has 0 bridgehead atoms. The van der Waals surface area contributed by atoms with E-state index in [1.165, 1.54) is 0 Å². The summed E-state index contributed by atoms with van der Waals surface area (Å²) in [6.07, 6.45) is 0. The topological polar surface area (TPSA) is 97.4 Å². The molecule has 1 aliphatic heterocycles. The van der Waals surface area contributed by atoms with Crippen molar-refractivity contribution >= 4 is 41.9 Å². The van der Waals surface area contributed by atoms with Crippen molar-refractivity contribution in [3.8, 4) is 5.75 Å². The molecular weight excluding hydrogens is 340 g/mol. The molecular formula is C13H16O8Si2. The van der Waals surface area contributed by atoms with Gasteiger partial charge in [-0.3, -0.25) is 14.4 Å². The van der Waals surface area contributed by atoms with Gasteiger partial charge < -0.3 is 22.1 Å². The summed E-state index contributed by atoms with van der Waals surface area (Å²) in [6, 6.07) is 4.81. The second-order valence-electron chi connectivity index (χ2n) is 4.77. The van der Waals surface area contributed by atoms with Crippen LogP contribution in [0.15, 0.2) is 18.2 Å². The number of benzene rings is 1. The second-order valence-corrected chi connectivity index (χ2v) is 8.00. The van der Waals surface area contributed by atoms with Crippen molar-refractivity contribution in [3.63, 3.8) is 0 Å². The van der Waals surface area contributed by atoms with Gasteiger partial charge in [-0.15, -0.1) is 0 Å². The molecule has 0 saturated heterocycles. The normalized spacial score (nSPS) is 14.4. The Morgan fingerprint density at radius 2 is 1.61 bits per heavy atom. The van der Waals surface area contributed by atoms with E-state index in [1.54, 1.807) is 18.2 Å². The van der Waals surface area contributed by atoms with Crippen LogP contribution in [0.4, 0.5) is 0 Å². The van der Waals surface area contributed by atoms with Gasteiger partial charge in [0, 0.05) is 26.3 Å². The number of carbonyl (C=O) groups excluding carboxylic acids is 3. The van der Waals surface area contributed by atoms with Crippen LogP contribution in [0.3, 0.4) is 0 Å². The van der Waals surface area contributed by atoms with Gasteiger partial charge in [0.2, 0.25) is 0 Å². The Morgan fingerprint density at radius 3 is 2.13 bits per heavy atom. The third-order valence-electron chi connectivity index (χ3n) is 2.80. The van der Waals surface area contributed by atoms with E-state index in [1.807, 2.05) is 0 Å². The fourth-order valence-corrected chi connectivity index (χ4v) is 5.13. The highest BCUT2D eigenvalue weighted by Crippen LogP contribution is 2.23. The van der Waals surface area contributed by atoms with Crippen LogP contribution in [-0.4, -0.2) is 36.7 Å². The monoisotopic (exact) mass is 356 g/mol.